The Hall–Kier alpha value is -2.38. The summed E-state index contributed by atoms with van der Waals surface area (Å²) in [4.78, 5) is 18.0. The molecule has 1 saturated heterocycles. The highest BCUT2D eigenvalue weighted by molar-refractivity contribution is 5.78. The van der Waals surface area contributed by atoms with E-state index in [0.717, 1.165) is 17.7 Å². The van der Waals surface area contributed by atoms with Crippen molar-refractivity contribution < 1.29 is 18.3 Å². The molecule has 0 aliphatic carbocycles. The molecular formula is C18H19F2N3O2. The molecule has 1 atom stereocenters. The Kier molecular flexibility index (Phi) is 5.67. The maximum Gasteiger partial charge on any atom is 0.234 e. The Morgan fingerprint density at radius 3 is 2.96 bits per heavy atom. The van der Waals surface area contributed by atoms with E-state index in [4.69, 9.17) is 4.74 Å². The Balaban J connectivity index is 1.52. The van der Waals surface area contributed by atoms with Crippen LogP contribution in [0.5, 0.6) is 0 Å². The molecule has 1 N–H and O–H groups in total. The Bertz CT molecular complexity index is 728. The van der Waals surface area contributed by atoms with Crippen LogP contribution < -0.4 is 5.32 Å². The fraction of sp³-hybridized carbons (Fsp3) is 0.333. The van der Waals surface area contributed by atoms with Gasteiger partial charge in [-0.1, -0.05) is 12.1 Å². The summed E-state index contributed by atoms with van der Waals surface area (Å²) in [6.07, 6.45) is 3.00. The van der Waals surface area contributed by atoms with Crippen molar-refractivity contribution >= 4 is 5.91 Å². The first-order valence-electron chi connectivity index (χ1n) is 8.06. The lowest BCUT2D eigenvalue weighted by molar-refractivity contribution is -0.124. The van der Waals surface area contributed by atoms with Gasteiger partial charge in [0, 0.05) is 32.0 Å². The van der Waals surface area contributed by atoms with E-state index < -0.39 is 11.6 Å². The number of nitrogens with zero attached hydrogens (tertiary/aromatic N) is 2. The number of aromatic nitrogens is 1. The first kappa shape index (κ1) is 17.4. The topological polar surface area (TPSA) is 54.5 Å². The second kappa shape index (κ2) is 8.13. The second-order valence-electron chi connectivity index (χ2n) is 5.91. The van der Waals surface area contributed by atoms with Crippen LogP contribution in [-0.2, 0) is 16.1 Å². The summed E-state index contributed by atoms with van der Waals surface area (Å²) in [6.45, 7) is 2.14. The third kappa shape index (κ3) is 4.80. The molecule has 0 bridgehead atoms. The van der Waals surface area contributed by atoms with Gasteiger partial charge in [0.05, 0.1) is 19.3 Å². The lowest BCUT2D eigenvalue weighted by Gasteiger charge is -2.32. The minimum atomic E-state index is -0.896. The van der Waals surface area contributed by atoms with Gasteiger partial charge in [-0.3, -0.25) is 14.7 Å². The minimum absolute atomic E-state index is 0.102. The van der Waals surface area contributed by atoms with E-state index in [2.05, 4.69) is 10.3 Å². The van der Waals surface area contributed by atoms with E-state index in [-0.39, 0.29) is 18.6 Å². The molecule has 2 heterocycles. The van der Waals surface area contributed by atoms with Gasteiger partial charge >= 0.3 is 0 Å². The molecule has 1 fully saturated rings. The normalized spacial score (nSPS) is 18.1. The van der Waals surface area contributed by atoms with Crippen molar-refractivity contribution in [3.63, 3.8) is 0 Å². The average molecular weight is 347 g/mol. The van der Waals surface area contributed by atoms with Crippen LogP contribution in [0.3, 0.4) is 0 Å². The number of halogens is 2. The molecule has 1 aromatic heterocycles. The number of pyridine rings is 1. The number of benzene rings is 1. The Morgan fingerprint density at radius 1 is 1.32 bits per heavy atom. The molecule has 2 aromatic rings. The van der Waals surface area contributed by atoms with Crippen molar-refractivity contribution in [2.45, 2.75) is 12.6 Å². The summed E-state index contributed by atoms with van der Waals surface area (Å²) in [7, 11) is 0. The highest BCUT2D eigenvalue weighted by Gasteiger charge is 2.24. The van der Waals surface area contributed by atoms with Gasteiger partial charge < -0.3 is 10.1 Å². The largest absolute Gasteiger partial charge is 0.371 e. The molecule has 5 nitrogen and oxygen atoms in total. The number of rotatable bonds is 5. The third-order valence-corrected chi connectivity index (χ3v) is 4.05. The summed E-state index contributed by atoms with van der Waals surface area (Å²) in [5.74, 6) is -1.88. The van der Waals surface area contributed by atoms with Gasteiger partial charge in [0.2, 0.25) is 5.91 Å². The van der Waals surface area contributed by atoms with E-state index in [9.17, 15) is 13.6 Å². The van der Waals surface area contributed by atoms with E-state index in [1.165, 1.54) is 6.07 Å². The van der Waals surface area contributed by atoms with Crippen LogP contribution in [0.2, 0.25) is 0 Å². The van der Waals surface area contributed by atoms with Crippen molar-refractivity contribution in [2.24, 2.45) is 0 Å². The first-order valence-corrected chi connectivity index (χ1v) is 8.06. The Labute approximate surface area is 144 Å². The van der Waals surface area contributed by atoms with Crippen LogP contribution in [0.1, 0.15) is 17.2 Å². The number of hydrogen-bond donors (Lipinski definition) is 1. The number of ether oxygens (including phenoxy) is 1. The van der Waals surface area contributed by atoms with Gasteiger partial charge in [0.25, 0.3) is 0 Å². The summed E-state index contributed by atoms with van der Waals surface area (Å²) < 4.78 is 32.1. The summed E-state index contributed by atoms with van der Waals surface area (Å²) >= 11 is 0. The van der Waals surface area contributed by atoms with Crippen LogP contribution in [-0.4, -0.2) is 42.0 Å². The molecular weight excluding hydrogens is 328 g/mol. The molecule has 0 radical (unpaired) electrons. The molecule has 1 aliphatic rings. The zero-order valence-corrected chi connectivity index (χ0v) is 13.6. The first-order chi connectivity index (χ1) is 12.1. The predicted octanol–water partition coefficient (Wildman–Crippen LogP) is 2.05. The summed E-state index contributed by atoms with van der Waals surface area (Å²) in [6, 6.07) is 7.45. The van der Waals surface area contributed by atoms with Gasteiger partial charge in [0.15, 0.2) is 11.6 Å². The molecule has 1 unspecified atom stereocenters. The van der Waals surface area contributed by atoms with Crippen molar-refractivity contribution in [1.29, 1.82) is 0 Å². The molecule has 25 heavy (non-hydrogen) atoms. The van der Waals surface area contributed by atoms with Gasteiger partial charge in [0.1, 0.15) is 0 Å². The van der Waals surface area contributed by atoms with Crippen LogP contribution in [0.4, 0.5) is 8.78 Å². The molecule has 3 rings (SSSR count). The number of morpholine rings is 1. The monoisotopic (exact) mass is 347 g/mol. The molecule has 1 amide bonds. The van der Waals surface area contributed by atoms with Crippen molar-refractivity contribution in [1.82, 2.24) is 15.2 Å². The number of carbonyl (C=O) groups is 1. The zero-order valence-electron chi connectivity index (χ0n) is 13.6. The van der Waals surface area contributed by atoms with Crippen LogP contribution in [0.15, 0.2) is 42.7 Å². The molecule has 1 aliphatic heterocycles. The molecule has 0 spiro atoms. The van der Waals surface area contributed by atoms with E-state index in [1.807, 2.05) is 17.0 Å². The fourth-order valence-corrected chi connectivity index (χ4v) is 2.72. The average Bonchev–Trinajstić information content (AvgIpc) is 2.63. The number of amides is 1. The van der Waals surface area contributed by atoms with Crippen molar-refractivity contribution in [3.8, 4) is 0 Å². The number of hydrogen-bond acceptors (Lipinski definition) is 4. The third-order valence-electron chi connectivity index (χ3n) is 4.05. The lowest BCUT2D eigenvalue weighted by Crippen LogP contribution is -2.44. The maximum atomic E-state index is 13.4. The smallest absolute Gasteiger partial charge is 0.234 e. The van der Waals surface area contributed by atoms with Gasteiger partial charge in [-0.2, -0.15) is 0 Å². The number of carbonyl (C=O) groups excluding carboxylic acids is 1. The maximum absolute atomic E-state index is 13.4. The summed E-state index contributed by atoms with van der Waals surface area (Å²) in [5.41, 5.74) is 1.50. The standard InChI is InChI=1S/C18H19F2N3O2/c19-15-4-3-14(8-16(15)20)17-11-23(6-7-25-17)12-18(24)22-10-13-2-1-5-21-9-13/h1-5,8-9,17H,6-7,10-12H2,(H,22,24). The van der Waals surface area contributed by atoms with Crippen molar-refractivity contribution in [3.05, 3.63) is 65.5 Å². The minimum Gasteiger partial charge on any atom is -0.371 e. The van der Waals surface area contributed by atoms with E-state index in [0.29, 0.717) is 31.8 Å². The molecule has 132 valence electrons. The number of nitrogens with one attached hydrogen (secondary N) is 1. The van der Waals surface area contributed by atoms with E-state index >= 15 is 0 Å². The molecule has 7 heteroatoms. The zero-order chi connectivity index (χ0) is 17.6. The fourth-order valence-electron chi connectivity index (χ4n) is 2.72. The van der Waals surface area contributed by atoms with Crippen LogP contribution >= 0.6 is 0 Å². The quantitative estimate of drug-likeness (QED) is 0.899. The summed E-state index contributed by atoms with van der Waals surface area (Å²) in [5, 5.41) is 2.85. The lowest BCUT2D eigenvalue weighted by atomic mass is 10.1. The van der Waals surface area contributed by atoms with Gasteiger partial charge in [-0.05, 0) is 29.3 Å². The van der Waals surface area contributed by atoms with Crippen LogP contribution in [0, 0.1) is 11.6 Å². The van der Waals surface area contributed by atoms with E-state index in [1.54, 1.807) is 12.4 Å². The second-order valence-corrected chi connectivity index (χ2v) is 5.91. The highest BCUT2D eigenvalue weighted by atomic mass is 19.2. The Morgan fingerprint density at radius 2 is 2.20 bits per heavy atom. The molecule has 0 saturated carbocycles. The van der Waals surface area contributed by atoms with Crippen LogP contribution in [0.25, 0.3) is 0 Å². The van der Waals surface area contributed by atoms with Gasteiger partial charge in [-0.25, -0.2) is 8.78 Å². The predicted molar refractivity (Wildman–Crippen MR) is 87.6 cm³/mol. The van der Waals surface area contributed by atoms with Crippen molar-refractivity contribution in [2.75, 3.05) is 26.2 Å². The highest BCUT2D eigenvalue weighted by Crippen LogP contribution is 2.23. The molecule has 1 aromatic carbocycles. The SMILES string of the molecule is O=C(CN1CCOC(c2ccc(F)c(F)c2)C1)NCc1cccnc1. The van der Waals surface area contributed by atoms with Gasteiger partial charge in [-0.15, -0.1) is 0 Å².